The maximum atomic E-state index is 6.39. The first kappa shape index (κ1) is 13.8. The van der Waals surface area contributed by atoms with Gasteiger partial charge in [-0.05, 0) is 67.8 Å². The quantitative estimate of drug-likeness (QED) is 0.836. The molecule has 0 radical (unpaired) electrons. The summed E-state index contributed by atoms with van der Waals surface area (Å²) < 4.78 is 8.54. The van der Waals surface area contributed by atoms with E-state index >= 15 is 0 Å². The average molecular weight is 288 g/mol. The van der Waals surface area contributed by atoms with Crippen LogP contribution in [-0.4, -0.2) is 22.0 Å². The summed E-state index contributed by atoms with van der Waals surface area (Å²) in [6.45, 7) is 9.09. The van der Waals surface area contributed by atoms with Gasteiger partial charge in [-0.3, -0.25) is 4.68 Å². The maximum absolute atomic E-state index is 6.39. The molecule has 4 saturated carbocycles. The minimum absolute atomic E-state index is 0.139. The third kappa shape index (κ3) is 2.16. The van der Waals surface area contributed by atoms with Crippen LogP contribution in [0.2, 0.25) is 0 Å². The van der Waals surface area contributed by atoms with Gasteiger partial charge in [0, 0.05) is 25.5 Å². The smallest absolute Gasteiger partial charge is 0.0698 e. The zero-order valence-electron chi connectivity index (χ0n) is 13.7. The van der Waals surface area contributed by atoms with Gasteiger partial charge in [0.15, 0.2) is 0 Å². The van der Waals surface area contributed by atoms with Crippen molar-refractivity contribution in [2.24, 2.45) is 16.2 Å². The van der Waals surface area contributed by atoms with Crippen LogP contribution in [0.4, 0.5) is 0 Å². The van der Waals surface area contributed by atoms with Crippen LogP contribution in [0.15, 0.2) is 18.5 Å². The fraction of sp³-hybridized carbons (Fsp3) is 0.833. The van der Waals surface area contributed by atoms with Crippen LogP contribution in [0.1, 0.15) is 59.3 Å². The fourth-order valence-corrected chi connectivity index (χ4v) is 7.19. The van der Waals surface area contributed by atoms with Crippen LogP contribution in [0, 0.1) is 16.2 Å². The Bertz CT molecular complexity index is 517. The minimum atomic E-state index is 0.139. The molecule has 0 aliphatic heterocycles. The zero-order chi connectivity index (χ0) is 14.8. The van der Waals surface area contributed by atoms with Crippen molar-refractivity contribution in [1.82, 2.24) is 9.78 Å². The number of hydrogen-bond donors (Lipinski definition) is 0. The van der Waals surface area contributed by atoms with E-state index in [1.165, 1.54) is 38.5 Å². The third-order valence-electron chi connectivity index (χ3n) is 6.16. The molecule has 2 unspecified atom stereocenters. The summed E-state index contributed by atoms with van der Waals surface area (Å²) >= 11 is 0. The van der Waals surface area contributed by atoms with Gasteiger partial charge < -0.3 is 4.74 Å². The summed E-state index contributed by atoms with van der Waals surface area (Å²) in [5.74, 6) is 0. The lowest BCUT2D eigenvalue weighted by Gasteiger charge is -2.69. The van der Waals surface area contributed by atoms with Crippen LogP contribution >= 0.6 is 0 Å². The van der Waals surface area contributed by atoms with E-state index in [0.29, 0.717) is 16.2 Å². The Kier molecular flexibility index (Phi) is 2.71. The lowest BCUT2D eigenvalue weighted by Crippen LogP contribution is -2.64. The van der Waals surface area contributed by atoms with Gasteiger partial charge in [-0.2, -0.15) is 5.10 Å². The largest absolute Gasteiger partial charge is 0.375 e. The van der Waals surface area contributed by atoms with Crippen LogP contribution in [0.25, 0.3) is 0 Å². The van der Waals surface area contributed by atoms with E-state index in [4.69, 9.17) is 4.74 Å². The molecule has 0 saturated heterocycles. The van der Waals surface area contributed by atoms with Crippen molar-refractivity contribution >= 4 is 0 Å². The van der Waals surface area contributed by atoms with Crippen LogP contribution in [0.5, 0.6) is 0 Å². The molecule has 4 aliphatic rings. The van der Waals surface area contributed by atoms with Crippen molar-refractivity contribution in [1.29, 1.82) is 0 Å². The molecule has 1 aromatic heterocycles. The number of aromatic nitrogens is 2. The van der Waals surface area contributed by atoms with Gasteiger partial charge in [0.05, 0.1) is 5.60 Å². The summed E-state index contributed by atoms with van der Waals surface area (Å²) in [6, 6.07) is 2.04. The molecule has 5 rings (SSSR count). The van der Waals surface area contributed by atoms with Crippen molar-refractivity contribution < 1.29 is 4.74 Å². The standard InChI is InChI=1S/C18H28N2O/c1-4-21-18-11-15(2)8-16(3,12-18)10-17(9-15,13-18)14-20-7-5-6-19-20/h5-7H,4,8-14H2,1-3H3. The molecule has 3 heteroatoms. The summed E-state index contributed by atoms with van der Waals surface area (Å²) in [4.78, 5) is 0. The first-order valence-electron chi connectivity index (χ1n) is 8.50. The van der Waals surface area contributed by atoms with Gasteiger partial charge in [0.25, 0.3) is 0 Å². The lowest BCUT2D eigenvalue weighted by molar-refractivity contribution is -0.246. The summed E-state index contributed by atoms with van der Waals surface area (Å²) in [5.41, 5.74) is 1.46. The molecule has 0 aromatic carbocycles. The monoisotopic (exact) mass is 288 g/mol. The first-order chi connectivity index (χ1) is 9.88. The minimum Gasteiger partial charge on any atom is -0.375 e. The highest BCUT2D eigenvalue weighted by atomic mass is 16.5. The Labute approximate surface area is 128 Å². The van der Waals surface area contributed by atoms with E-state index < -0.39 is 0 Å². The SMILES string of the molecule is CCOC12CC3(C)CC(C)(CC(Cn4cccn4)(C3)C1)C2. The Morgan fingerprint density at radius 3 is 2.33 bits per heavy atom. The average Bonchev–Trinajstić information content (AvgIpc) is 2.75. The zero-order valence-corrected chi connectivity index (χ0v) is 13.7. The molecule has 1 heterocycles. The fourth-order valence-electron chi connectivity index (χ4n) is 7.19. The molecular weight excluding hydrogens is 260 g/mol. The van der Waals surface area contributed by atoms with E-state index in [1.54, 1.807) is 0 Å². The summed E-state index contributed by atoms with van der Waals surface area (Å²) in [6.07, 6.45) is 11.9. The van der Waals surface area contributed by atoms with Crippen molar-refractivity contribution in [3.05, 3.63) is 18.5 Å². The highest BCUT2D eigenvalue weighted by Crippen LogP contribution is 2.71. The molecule has 4 bridgehead atoms. The van der Waals surface area contributed by atoms with Crippen molar-refractivity contribution in [2.45, 2.75) is 71.4 Å². The molecule has 21 heavy (non-hydrogen) atoms. The molecule has 0 amide bonds. The molecule has 0 spiro atoms. The molecular formula is C18H28N2O. The second-order valence-corrected chi connectivity index (χ2v) is 9.00. The van der Waals surface area contributed by atoms with Crippen molar-refractivity contribution in [2.75, 3.05) is 6.61 Å². The maximum Gasteiger partial charge on any atom is 0.0698 e. The summed E-state index contributed by atoms with van der Waals surface area (Å²) in [7, 11) is 0. The predicted octanol–water partition coefficient (Wildman–Crippen LogP) is 4.04. The van der Waals surface area contributed by atoms with E-state index in [-0.39, 0.29) is 5.60 Å². The molecule has 4 aliphatic carbocycles. The normalized spacial score (nSPS) is 48.0. The molecule has 3 nitrogen and oxygen atoms in total. The van der Waals surface area contributed by atoms with E-state index in [0.717, 1.165) is 13.2 Å². The van der Waals surface area contributed by atoms with Gasteiger partial charge >= 0.3 is 0 Å². The van der Waals surface area contributed by atoms with Gasteiger partial charge in [-0.15, -0.1) is 0 Å². The molecule has 1 aromatic rings. The van der Waals surface area contributed by atoms with E-state index in [9.17, 15) is 0 Å². The number of hydrogen-bond acceptors (Lipinski definition) is 2. The lowest BCUT2D eigenvalue weighted by atomic mass is 9.39. The van der Waals surface area contributed by atoms with Gasteiger partial charge in [0.1, 0.15) is 0 Å². The Hall–Kier alpha value is -0.830. The van der Waals surface area contributed by atoms with Gasteiger partial charge in [0.2, 0.25) is 0 Å². The Morgan fingerprint density at radius 2 is 1.76 bits per heavy atom. The first-order valence-corrected chi connectivity index (χ1v) is 8.50. The van der Waals surface area contributed by atoms with Gasteiger partial charge in [-0.1, -0.05) is 13.8 Å². The number of rotatable bonds is 4. The second kappa shape index (κ2) is 4.13. The van der Waals surface area contributed by atoms with E-state index in [2.05, 4.69) is 36.7 Å². The Morgan fingerprint density at radius 1 is 1.05 bits per heavy atom. The van der Waals surface area contributed by atoms with Crippen molar-refractivity contribution in [3.63, 3.8) is 0 Å². The Balaban J connectivity index is 1.72. The van der Waals surface area contributed by atoms with Gasteiger partial charge in [-0.25, -0.2) is 0 Å². The van der Waals surface area contributed by atoms with E-state index in [1.807, 2.05) is 12.3 Å². The molecule has 4 fully saturated rings. The predicted molar refractivity (Wildman–Crippen MR) is 82.9 cm³/mol. The molecule has 116 valence electrons. The highest BCUT2D eigenvalue weighted by Gasteiger charge is 2.66. The number of nitrogens with zero attached hydrogens (tertiary/aromatic N) is 2. The molecule has 2 atom stereocenters. The third-order valence-corrected chi connectivity index (χ3v) is 6.16. The summed E-state index contributed by atoms with van der Waals surface area (Å²) in [5, 5.41) is 4.48. The van der Waals surface area contributed by atoms with Crippen LogP contribution < -0.4 is 0 Å². The second-order valence-electron chi connectivity index (χ2n) is 9.00. The highest BCUT2D eigenvalue weighted by molar-refractivity contribution is 5.16. The van der Waals surface area contributed by atoms with Crippen LogP contribution in [-0.2, 0) is 11.3 Å². The number of ether oxygens (including phenoxy) is 1. The van der Waals surface area contributed by atoms with Crippen molar-refractivity contribution in [3.8, 4) is 0 Å². The topological polar surface area (TPSA) is 27.1 Å². The molecule has 0 N–H and O–H groups in total. The van der Waals surface area contributed by atoms with Crippen LogP contribution in [0.3, 0.4) is 0 Å².